The largest absolute Gasteiger partial charge is 0.310 e. The third-order valence-corrected chi connectivity index (χ3v) is 3.51. The molecule has 0 aromatic heterocycles. The van der Waals surface area contributed by atoms with E-state index in [9.17, 15) is 8.78 Å². The van der Waals surface area contributed by atoms with E-state index in [0.29, 0.717) is 11.5 Å². The fraction of sp³-hybridized carbons (Fsp3) is 0.571. The molecule has 102 valence electrons. The number of halogens is 3. The van der Waals surface area contributed by atoms with Gasteiger partial charge >= 0.3 is 0 Å². The van der Waals surface area contributed by atoms with Gasteiger partial charge in [0.1, 0.15) is 11.6 Å². The Kier molecular flexibility index (Phi) is 6.22. The smallest absolute Gasteiger partial charge is 0.137 e. The van der Waals surface area contributed by atoms with Crippen LogP contribution >= 0.6 is 15.9 Å². The summed E-state index contributed by atoms with van der Waals surface area (Å²) in [6.07, 6.45) is 1.79. The van der Waals surface area contributed by atoms with E-state index >= 15 is 0 Å². The lowest BCUT2D eigenvalue weighted by atomic mass is 9.97. The van der Waals surface area contributed by atoms with Gasteiger partial charge in [0, 0.05) is 11.6 Å². The lowest BCUT2D eigenvalue weighted by Gasteiger charge is -2.20. The summed E-state index contributed by atoms with van der Waals surface area (Å²) >= 11 is 3.00. The number of hydrogen-bond acceptors (Lipinski definition) is 1. The summed E-state index contributed by atoms with van der Waals surface area (Å²) in [6.45, 7) is 6.96. The summed E-state index contributed by atoms with van der Waals surface area (Å²) in [5, 5.41) is 3.22. The molecule has 0 radical (unpaired) electrons. The Hall–Kier alpha value is -0.480. The Balaban J connectivity index is 2.94. The summed E-state index contributed by atoms with van der Waals surface area (Å²) in [6, 6.07) is 2.36. The molecule has 0 fully saturated rings. The molecule has 0 aliphatic rings. The number of nitrogens with one attached hydrogen (secondary N) is 1. The summed E-state index contributed by atoms with van der Waals surface area (Å²) in [4.78, 5) is 0. The molecule has 0 saturated heterocycles. The fourth-order valence-corrected chi connectivity index (χ4v) is 2.23. The van der Waals surface area contributed by atoms with Gasteiger partial charge in [-0.15, -0.1) is 0 Å². The first-order chi connectivity index (χ1) is 8.45. The van der Waals surface area contributed by atoms with Crippen molar-refractivity contribution in [3.05, 3.63) is 33.8 Å². The first-order valence-corrected chi connectivity index (χ1v) is 7.12. The minimum Gasteiger partial charge on any atom is -0.310 e. The maximum Gasteiger partial charge on any atom is 0.137 e. The van der Waals surface area contributed by atoms with Crippen molar-refractivity contribution in [1.29, 1.82) is 0 Å². The second kappa shape index (κ2) is 7.19. The lowest BCUT2D eigenvalue weighted by molar-refractivity contribution is 0.431. The predicted octanol–water partition coefficient (Wildman–Crippen LogP) is 4.81. The quantitative estimate of drug-likeness (QED) is 0.742. The summed E-state index contributed by atoms with van der Waals surface area (Å²) in [5.74, 6) is -0.230. The number of hydrogen-bond donors (Lipinski definition) is 1. The zero-order valence-electron chi connectivity index (χ0n) is 11.1. The predicted molar refractivity (Wildman–Crippen MR) is 74.5 cm³/mol. The first-order valence-electron chi connectivity index (χ1n) is 6.33. The maximum atomic E-state index is 13.9. The maximum absolute atomic E-state index is 13.9. The molecule has 0 aliphatic carbocycles. The molecular weight excluding hydrogens is 300 g/mol. The highest BCUT2D eigenvalue weighted by Crippen LogP contribution is 2.27. The first kappa shape index (κ1) is 15.6. The lowest BCUT2D eigenvalue weighted by Crippen LogP contribution is -2.22. The van der Waals surface area contributed by atoms with Crippen LogP contribution in [0.2, 0.25) is 0 Å². The van der Waals surface area contributed by atoms with Crippen molar-refractivity contribution in [2.45, 2.75) is 39.7 Å². The fourth-order valence-electron chi connectivity index (χ4n) is 1.92. The average molecular weight is 320 g/mol. The molecule has 1 unspecified atom stereocenters. The molecule has 1 aromatic rings. The van der Waals surface area contributed by atoms with Gasteiger partial charge in [-0.2, -0.15) is 0 Å². The van der Waals surface area contributed by atoms with Crippen molar-refractivity contribution in [3.8, 4) is 0 Å². The summed E-state index contributed by atoms with van der Waals surface area (Å²) in [7, 11) is 0. The van der Waals surface area contributed by atoms with Crippen LogP contribution in [0.15, 0.2) is 16.6 Å². The molecule has 1 atom stereocenters. The number of rotatable bonds is 6. The zero-order valence-corrected chi connectivity index (χ0v) is 12.7. The molecule has 1 aromatic carbocycles. The standard InChI is InChI=1S/C14H20BrF2N/c1-4-18-14(6-5-9(2)3)10-7-13(17)11(15)8-12(10)16/h7-9,14,18H,4-6H2,1-3H3. The molecule has 0 bridgehead atoms. The summed E-state index contributed by atoms with van der Waals surface area (Å²) in [5.41, 5.74) is 0.415. The van der Waals surface area contributed by atoms with E-state index in [-0.39, 0.29) is 16.3 Å². The van der Waals surface area contributed by atoms with Crippen LogP contribution in [0.1, 0.15) is 45.2 Å². The van der Waals surface area contributed by atoms with E-state index in [1.54, 1.807) is 0 Å². The van der Waals surface area contributed by atoms with Crippen LogP contribution in [0.25, 0.3) is 0 Å². The minimum atomic E-state index is -0.418. The molecule has 4 heteroatoms. The van der Waals surface area contributed by atoms with Crippen LogP contribution in [0.5, 0.6) is 0 Å². The van der Waals surface area contributed by atoms with Crippen LogP contribution in [0.3, 0.4) is 0 Å². The van der Waals surface area contributed by atoms with Crippen LogP contribution in [-0.4, -0.2) is 6.54 Å². The molecule has 0 heterocycles. The molecular formula is C14H20BrF2N. The third-order valence-electron chi connectivity index (χ3n) is 2.90. The highest BCUT2D eigenvalue weighted by atomic mass is 79.9. The van der Waals surface area contributed by atoms with Gasteiger partial charge in [0.15, 0.2) is 0 Å². The van der Waals surface area contributed by atoms with E-state index in [2.05, 4.69) is 35.1 Å². The van der Waals surface area contributed by atoms with E-state index in [4.69, 9.17) is 0 Å². The van der Waals surface area contributed by atoms with Crippen LogP contribution in [0, 0.1) is 17.6 Å². The third kappa shape index (κ3) is 4.32. The minimum absolute atomic E-state index is 0.125. The molecule has 18 heavy (non-hydrogen) atoms. The molecule has 0 aliphatic heterocycles. The summed E-state index contributed by atoms with van der Waals surface area (Å²) < 4.78 is 27.6. The average Bonchev–Trinajstić information content (AvgIpc) is 2.29. The Morgan fingerprint density at radius 2 is 1.83 bits per heavy atom. The Morgan fingerprint density at radius 1 is 1.17 bits per heavy atom. The monoisotopic (exact) mass is 319 g/mol. The zero-order chi connectivity index (χ0) is 13.7. The SMILES string of the molecule is CCNC(CCC(C)C)c1cc(F)c(Br)cc1F. The normalized spacial score (nSPS) is 13.1. The highest BCUT2D eigenvalue weighted by molar-refractivity contribution is 9.10. The number of benzene rings is 1. The van der Waals surface area contributed by atoms with Crippen molar-refractivity contribution in [1.82, 2.24) is 5.32 Å². The van der Waals surface area contributed by atoms with Gasteiger partial charge in [0.05, 0.1) is 4.47 Å². The van der Waals surface area contributed by atoms with Crippen molar-refractivity contribution in [3.63, 3.8) is 0 Å². The van der Waals surface area contributed by atoms with Gasteiger partial charge in [-0.25, -0.2) is 8.78 Å². The second-order valence-corrected chi connectivity index (χ2v) is 5.72. The Bertz CT molecular complexity index is 394. The van der Waals surface area contributed by atoms with Gasteiger partial charge in [0.2, 0.25) is 0 Å². The van der Waals surface area contributed by atoms with E-state index in [0.717, 1.165) is 19.4 Å². The van der Waals surface area contributed by atoms with Gasteiger partial charge in [-0.05, 0) is 53.4 Å². The van der Waals surface area contributed by atoms with Crippen molar-refractivity contribution >= 4 is 15.9 Å². The molecule has 1 rings (SSSR count). The topological polar surface area (TPSA) is 12.0 Å². The van der Waals surface area contributed by atoms with Crippen molar-refractivity contribution < 1.29 is 8.78 Å². The molecule has 0 amide bonds. The van der Waals surface area contributed by atoms with Gasteiger partial charge in [0.25, 0.3) is 0 Å². The molecule has 1 N–H and O–H groups in total. The van der Waals surface area contributed by atoms with Crippen molar-refractivity contribution in [2.24, 2.45) is 5.92 Å². The molecule has 0 spiro atoms. The van der Waals surface area contributed by atoms with E-state index < -0.39 is 5.82 Å². The van der Waals surface area contributed by atoms with Crippen LogP contribution in [0.4, 0.5) is 8.78 Å². The van der Waals surface area contributed by atoms with Gasteiger partial charge < -0.3 is 5.32 Å². The van der Waals surface area contributed by atoms with E-state index in [1.165, 1.54) is 12.1 Å². The van der Waals surface area contributed by atoms with Crippen LogP contribution in [-0.2, 0) is 0 Å². The second-order valence-electron chi connectivity index (χ2n) is 4.87. The Morgan fingerprint density at radius 3 is 2.39 bits per heavy atom. The molecule has 1 nitrogen and oxygen atoms in total. The van der Waals surface area contributed by atoms with Crippen molar-refractivity contribution in [2.75, 3.05) is 6.54 Å². The highest BCUT2D eigenvalue weighted by Gasteiger charge is 2.17. The van der Waals surface area contributed by atoms with Gasteiger partial charge in [-0.3, -0.25) is 0 Å². The van der Waals surface area contributed by atoms with Gasteiger partial charge in [-0.1, -0.05) is 20.8 Å². The van der Waals surface area contributed by atoms with Crippen LogP contribution < -0.4 is 5.32 Å². The van der Waals surface area contributed by atoms with E-state index in [1.807, 2.05) is 6.92 Å². The Labute approximate surface area is 116 Å². The molecule has 0 saturated carbocycles.